The molecule has 0 fully saturated rings. The average molecular weight is 73.0 g/mol. The van der Waals surface area contributed by atoms with Gasteiger partial charge in [-0.2, -0.15) is 0 Å². The Kier molecular flexibility index (Phi) is 31.1. The van der Waals surface area contributed by atoms with Crippen LogP contribution in [0.4, 0.5) is 0 Å². The van der Waals surface area contributed by atoms with E-state index in [1.807, 2.05) is 0 Å². The molecule has 0 aliphatic heterocycles. The second-order valence-corrected chi connectivity index (χ2v) is 0.100. The third-order valence-corrected chi connectivity index (χ3v) is 0. The highest BCUT2D eigenvalue weighted by Gasteiger charge is 0.973. The highest BCUT2D eigenvalue weighted by Crippen LogP contribution is 1.24. The summed E-state index contributed by atoms with van der Waals surface area (Å²) in [6, 6.07) is 0. The highest BCUT2D eigenvalue weighted by molar-refractivity contribution is 5.75. The van der Waals surface area contributed by atoms with Gasteiger partial charge in [-0.05, 0) is 10.4 Å². The van der Waals surface area contributed by atoms with Crippen LogP contribution in [0, 0.1) is 5.53 Å². The van der Waals surface area contributed by atoms with Crippen LogP contribution < -0.4 is 0 Å². The Morgan fingerprint density at radius 1 is 1.75 bits per heavy atom. The molecule has 0 aromatic carbocycles. The molecule has 0 aromatic heterocycles. The molecule has 4 heteroatoms. The first-order valence-electron chi connectivity index (χ1n) is 0.424. The van der Waals surface area contributed by atoms with Crippen molar-refractivity contribution in [3.63, 3.8) is 0 Å². The maximum Gasteiger partial charge on any atom is 0.187 e. The molecule has 0 heterocycles. The van der Waals surface area contributed by atoms with Gasteiger partial charge in [0.1, 0.15) is 0 Å². The second-order valence-electron chi connectivity index (χ2n) is 0.100. The fourth-order valence-corrected chi connectivity index (χ4v) is 0. The molecule has 0 aromatic rings. The van der Waals surface area contributed by atoms with E-state index in [0.29, 0.717) is 0 Å². The normalized spacial score (nSPS) is 2.00. The molecule has 0 amide bonds. The molecule has 0 aliphatic carbocycles. The molecular weight excluding hydrogens is 69.0 g/mol. The summed E-state index contributed by atoms with van der Waals surface area (Å²) in [6.07, 6.45) is 0. The first-order valence-corrected chi connectivity index (χ1v) is 0.424. The van der Waals surface area contributed by atoms with Crippen molar-refractivity contribution in [3.05, 3.63) is 10.4 Å². The number of nitrogens with one attached hydrogen (secondary N) is 1. The van der Waals surface area contributed by atoms with Crippen molar-refractivity contribution in [2.75, 3.05) is 0 Å². The second kappa shape index (κ2) is 13.6. The summed E-state index contributed by atoms with van der Waals surface area (Å²) in [5, 5.41) is 0. The van der Waals surface area contributed by atoms with Crippen LogP contribution >= 0.6 is 0 Å². The molecule has 22 valence electrons. The van der Waals surface area contributed by atoms with Crippen LogP contribution in [0.3, 0.4) is 0 Å². The Morgan fingerprint density at radius 2 is 1.75 bits per heavy atom. The molecule has 0 saturated heterocycles. The van der Waals surface area contributed by atoms with Gasteiger partial charge in [0, 0.05) is 0 Å². The quantitative estimate of drug-likeness (QED) is 0.177. The lowest BCUT2D eigenvalue weighted by atomic mass is 13.0. The lowest BCUT2D eigenvalue weighted by Gasteiger charge is -1.03. The lowest BCUT2D eigenvalue weighted by molar-refractivity contribution is 1.45. The van der Waals surface area contributed by atoms with E-state index in [2.05, 4.69) is 0 Å². The molecule has 0 bridgehead atoms. The van der Waals surface area contributed by atoms with Gasteiger partial charge in [0.05, 0.1) is 0 Å². The summed E-state index contributed by atoms with van der Waals surface area (Å²) in [5.41, 5.74) is 12.2. The van der Waals surface area contributed by atoms with E-state index < -0.39 is 0 Å². The molecule has 0 rings (SSSR count). The number of hydrogen-bond donors (Lipinski definition) is 1. The van der Waals surface area contributed by atoms with Gasteiger partial charge in [-0.3, -0.25) is 0 Å². The van der Waals surface area contributed by atoms with Crippen LogP contribution in [0.25, 0.3) is 10.4 Å². The van der Waals surface area contributed by atoms with Crippen LogP contribution in [0.1, 0.15) is 0 Å². The molecular formula is H4AlN3. The molecule has 4 heavy (non-hydrogen) atoms. The SMILES string of the molecule is [AlH3].[N-]=[N+]=N. The van der Waals surface area contributed by atoms with Crippen LogP contribution in [0.5, 0.6) is 0 Å². The Bertz CT molecular complexity index is 24.3. The van der Waals surface area contributed by atoms with E-state index in [4.69, 9.17) is 11.1 Å². The van der Waals surface area contributed by atoms with Gasteiger partial charge < -0.3 is 0 Å². The summed E-state index contributed by atoms with van der Waals surface area (Å²) in [4.78, 5) is 1.75. The van der Waals surface area contributed by atoms with Gasteiger partial charge in [-0.25, -0.2) is 0 Å². The third kappa shape index (κ3) is 52.7. The van der Waals surface area contributed by atoms with Crippen LogP contribution in [0.2, 0.25) is 0 Å². The van der Waals surface area contributed by atoms with Gasteiger partial charge in [-0.15, -0.1) is 5.53 Å². The zero-order chi connectivity index (χ0) is 2.71. The number of hydrogen-bond acceptors (Lipinski definition) is 1. The monoisotopic (exact) mass is 73.0 g/mol. The van der Waals surface area contributed by atoms with Gasteiger partial charge in [-0.1, -0.05) is 0 Å². The van der Waals surface area contributed by atoms with Crippen molar-refractivity contribution in [3.8, 4) is 0 Å². The fourth-order valence-electron chi connectivity index (χ4n) is 0. The largest absolute Gasteiger partial charge is 0.187 e. The summed E-state index contributed by atoms with van der Waals surface area (Å²) in [6.45, 7) is 0. The maximum absolute atomic E-state index is 6.86. The highest BCUT2D eigenvalue weighted by atomic mass is 27.0. The summed E-state index contributed by atoms with van der Waals surface area (Å²) < 4.78 is 0. The fraction of sp³-hybridized carbons (Fsp3) is 0. The van der Waals surface area contributed by atoms with Crippen molar-refractivity contribution in [1.82, 2.24) is 0 Å². The average Bonchev–Trinajstić information content (AvgIpc) is 0.918. The van der Waals surface area contributed by atoms with E-state index >= 15 is 0 Å². The van der Waals surface area contributed by atoms with Gasteiger partial charge in [0.15, 0.2) is 17.4 Å². The summed E-state index contributed by atoms with van der Waals surface area (Å²) >= 11 is 0. The van der Waals surface area contributed by atoms with E-state index in [9.17, 15) is 0 Å². The van der Waals surface area contributed by atoms with Crippen molar-refractivity contribution in [2.24, 2.45) is 0 Å². The maximum atomic E-state index is 6.86. The predicted octanol–water partition coefficient (Wildman–Crippen LogP) is -0.308. The van der Waals surface area contributed by atoms with Gasteiger partial charge >= 0.3 is 0 Å². The molecule has 3 nitrogen and oxygen atoms in total. The Balaban J connectivity index is 0. The van der Waals surface area contributed by atoms with E-state index in [1.54, 1.807) is 4.91 Å². The van der Waals surface area contributed by atoms with E-state index in [-0.39, 0.29) is 17.4 Å². The van der Waals surface area contributed by atoms with E-state index in [0.717, 1.165) is 0 Å². The molecule has 0 radical (unpaired) electrons. The standard InChI is InChI=1S/Al.HN3.3H/c;1-3-2;;;/h;1H;;;. The molecule has 0 unspecified atom stereocenters. The minimum absolute atomic E-state index is 0. The molecule has 0 aliphatic rings. The molecule has 0 spiro atoms. The predicted molar refractivity (Wildman–Crippen MR) is 19.4 cm³/mol. The minimum atomic E-state index is 0. The molecule has 0 atom stereocenters. The first-order chi connectivity index (χ1) is 1.41. The Morgan fingerprint density at radius 3 is 1.75 bits per heavy atom. The van der Waals surface area contributed by atoms with Gasteiger partial charge in [0.25, 0.3) is 0 Å². The Labute approximate surface area is 34.2 Å². The van der Waals surface area contributed by atoms with Crippen molar-refractivity contribution >= 4 is 17.4 Å². The Hall–Kier alpha value is -0.158. The minimum Gasteiger partial charge on any atom is -0.108 e. The topological polar surface area (TPSA) is 60.3 Å². The number of rotatable bonds is 0. The van der Waals surface area contributed by atoms with Crippen molar-refractivity contribution < 1.29 is 0 Å². The van der Waals surface area contributed by atoms with Crippen LogP contribution in [0.15, 0.2) is 0 Å². The van der Waals surface area contributed by atoms with Crippen molar-refractivity contribution in [2.45, 2.75) is 0 Å². The number of nitrogens with zero attached hydrogens (tertiary/aromatic N) is 2. The van der Waals surface area contributed by atoms with E-state index in [1.165, 1.54) is 0 Å². The smallest absolute Gasteiger partial charge is 0.108 e. The van der Waals surface area contributed by atoms with Gasteiger partial charge in [0.2, 0.25) is 0 Å². The summed E-state index contributed by atoms with van der Waals surface area (Å²) in [5.74, 6) is 0. The van der Waals surface area contributed by atoms with Crippen LogP contribution in [-0.4, -0.2) is 17.4 Å². The molecule has 0 saturated carbocycles. The lowest BCUT2D eigenvalue weighted by Crippen LogP contribution is -0.769. The zero-order valence-corrected chi connectivity index (χ0v) is 1.39. The summed E-state index contributed by atoms with van der Waals surface area (Å²) in [7, 11) is 0. The van der Waals surface area contributed by atoms with Crippen LogP contribution in [-0.2, 0) is 0 Å². The first kappa shape index (κ1) is 9.15. The zero-order valence-electron chi connectivity index (χ0n) is 1.39. The van der Waals surface area contributed by atoms with Crippen molar-refractivity contribution in [1.29, 1.82) is 5.53 Å². The third-order valence-electron chi connectivity index (χ3n) is 0. The molecule has 1 N–H and O–H groups in total.